The van der Waals surface area contributed by atoms with Gasteiger partial charge < -0.3 is 10.1 Å². The standard InChI is InChI=1S/C13H16N2OS/c1-9(14-2)12-8-17-13(15-12)10-5-4-6-11(7-10)16-3/h4-9,14H,1-3H3. The number of hydrogen-bond donors (Lipinski definition) is 1. The molecule has 0 aliphatic carbocycles. The highest BCUT2D eigenvalue weighted by molar-refractivity contribution is 7.13. The first-order valence-corrected chi connectivity index (χ1v) is 6.39. The molecule has 0 fully saturated rings. The minimum Gasteiger partial charge on any atom is -0.497 e. The van der Waals surface area contributed by atoms with E-state index in [2.05, 4.69) is 28.7 Å². The maximum Gasteiger partial charge on any atom is 0.123 e. The van der Waals surface area contributed by atoms with Crippen molar-refractivity contribution in [3.63, 3.8) is 0 Å². The molecule has 0 amide bonds. The maximum atomic E-state index is 5.22. The van der Waals surface area contributed by atoms with E-state index >= 15 is 0 Å². The smallest absolute Gasteiger partial charge is 0.123 e. The molecule has 0 saturated heterocycles. The van der Waals surface area contributed by atoms with Crippen LogP contribution in [-0.4, -0.2) is 19.1 Å². The molecule has 17 heavy (non-hydrogen) atoms. The van der Waals surface area contributed by atoms with Crippen molar-refractivity contribution >= 4 is 11.3 Å². The molecule has 1 aromatic heterocycles. The Morgan fingerprint density at radius 2 is 2.24 bits per heavy atom. The summed E-state index contributed by atoms with van der Waals surface area (Å²) in [6.07, 6.45) is 0. The zero-order chi connectivity index (χ0) is 12.3. The van der Waals surface area contributed by atoms with Crippen LogP contribution in [0.4, 0.5) is 0 Å². The second kappa shape index (κ2) is 5.29. The summed E-state index contributed by atoms with van der Waals surface area (Å²) in [4.78, 5) is 4.63. The van der Waals surface area contributed by atoms with Gasteiger partial charge in [-0.15, -0.1) is 11.3 Å². The van der Waals surface area contributed by atoms with Crippen molar-refractivity contribution in [3.05, 3.63) is 35.3 Å². The molecule has 1 heterocycles. The molecule has 90 valence electrons. The zero-order valence-electron chi connectivity index (χ0n) is 10.2. The largest absolute Gasteiger partial charge is 0.497 e. The summed E-state index contributed by atoms with van der Waals surface area (Å²) in [7, 11) is 3.62. The van der Waals surface area contributed by atoms with Crippen LogP contribution in [0.25, 0.3) is 10.6 Å². The van der Waals surface area contributed by atoms with E-state index in [1.165, 1.54) is 0 Å². The number of methoxy groups -OCH3 is 1. The van der Waals surface area contributed by atoms with Crippen molar-refractivity contribution in [1.29, 1.82) is 0 Å². The molecular formula is C13H16N2OS. The number of rotatable bonds is 4. The molecule has 4 heteroatoms. The van der Waals surface area contributed by atoms with E-state index in [-0.39, 0.29) is 6.04 Å². The number of thiazole rings is 1. The molecule has 0 radical (unpaired) electrons. The lowest BCUT2D eigenvalue weighted by atomic mass is 10.2. The Balaban J connectivity index is 2.30. The molecule has 0 aliphatic rings. The van der Waals surface area contributed by atoms with Gasteiger partial charge in [-0.3, -0.25) is 0 Å². The molecule has 1 atom stereocenters. The summed E-state index contributed by atoms with van der Waals surface area (Å²) in [5.74, 6) is 0.862. The van der Waals surface area contributed by atoms with Crippen LogP contribution in [0.3, 0.4) is 0 Å². The second-order valence-electron chi connectivity index (χ2n) is 3.82. The van der Waals surface area contributed by atoms with Crippen LogP contribution in [0.5, 0.6) is 5.75 Å². The summed E-state index contributed by atoms with van der Waals surface area (Å²) in [6, 6.07) is 8.26. The van der Waals surface area contributed by atoms with Gasteiger partial charge in [0.05, 0.1) is 12.8 Å². The van der Waals surface area contributed by atoms with Crippen molar-refractivity contribution in [2.45, 2.75) is 13.0 Å². The van der Waals surface area contributed by atoms with Crippen LogP contribution in [0.1, 0.15) is 18.7 Å². The molecule has 1 aromatic carbocycles. The zero-order valence-corrected chi connectivity index (χ0v) is 11.0. The quantitative estimate of drug-likeness (QED) is 0.902. The lowest BCUT2D eigenvalue weighted by molar-refractivity contribution is 0.415. The third-order valence-electron chi connectivity index (χ3n) is 2.72. The molecule has 0 saturated carbocycles. The third-order valence-corrected chi connectivity index (χ3v) is 3.62. The normalized spacial score (nSPS) is 12.4. The van der Waals surface area contributed by atoms with Crippen molar-refractivity contribution in [2.75, 3.05) is 14.2 Å². The number of aromatic nitrogens is 1. The van der Waals surface area contributed by atoms with Crippen molar-refractivity contribution in [1.82, 2.24) is 10.3 Å². The lowest BCUT2D eigenvalue weighted by Crippen LogP contribution is -2.12. The average molecular weight is 248 g/mol. The fraction of sp³-hybridized carbons (Fsp3) is 0.308. The summed E-state index contributed by atoms with van der Waals surface area (Å²) in [5.41, 5.74) is 2.18. The summed E-state index contributed by atoms with van der Waals surface area (Å²) < 4.78 is 5.22. The van der Waals surface area contributed by atoms with Crippen LogP contribution < -0.4 is 10.1 Å². The Labute approximate surface area is 105 Å². The van der Waals surface area contributed by atoms with Gasteiger partial charge in [0.2, 0.25) is 0 Å². The predicted molar refractivity (Wildman–Crippen MR) is 71.6 cm³/mol. The molecule has 1 unspecified atom stereocenters. The molecule has 2 rings (SSSR count). The second-order valence-corrected chi connectivity index (χ2v) is 4.68. The van der Waals surface area contributed by atoms with Gasteiger partial charge in [-0.05, 0) is 26.1 Å². The summed E-state index contributed by atoms with van der Waals surface area (Å²) >= 11 is 1.66. The Hall–Kier alpha value is -1.39. The van der Waals surface area contributed by atoms with Gasteiger partial charge in [-0.2, -0.15) is 0 Å². The highest BCUT2D eigenvalue weighted by Crippen LogP contribution is 2.28. The van der Waals surface area contributed by atoms with E-state index in [1.54, 1.807) is 18.4 Å². The molecular weight excluding hydrogens is 232 g/mol. The number of hydrogen-bond acceptors (Lipinski definition) is 4. The first kappa shape index (κ1) is 12.1. The molecule has 0 bridgehead atoms. The van der Waals surface area contributed by atoms with E-state index < -0.39 is 0 Å². The van der Waals surface area contributed by atoms with Gasteiger partial charge in [0.1, 0.15) is 10.8 Å². The van der Waals surface area contributed by atoms with E-state index in [1.807, 2.05) is 25.2 Å². The maximum absolute atomic E-state index is 5.22. The summed E-state index contributed by atoms with van der Waals surface area (Å²) in [5, 5.41) is 6.31. The van der Waals surface area contributed by atoms with Gasteiger partial charge in [-0.1, -0.05) is 12.1 Å². The predicted octanol–water partition coefficient (Wildman–Crippen LogP) is 3.10. The van der Waals surface area contributed by atoms with E-state index in [4.69, 9.17) is 4.74 Å². The highest BCUT2D eigenvalue weighted by atomic mass is 32.1. The third kappa shape index (κ3) is 2.65. The van der Waals surface area contributed by atoms with E-state index in [9.17, 15) is 0 Å². The molecule has 0 aliphatic heterocycles. The van der Waals surface area contributed by atoms with E-state index in [0.29, 0.717) is 0 Å². The highest BCUT2D eigenvalue weighted by Gasteiger charge is 2.09. The van der Waals surface area contributed by atoms with Crippen LogP contribution >= 0.6 is 11.3 Å². The molecule has 3 nitrogen and oxygen atoms in total. The Bertz CT molecular complexity index is 496. The minimum absolute atomic E-state index is 0.283. The molecule has 1 N–H and O–H groups in total. The first-order chi connectivity index (χ1) is 8.24. The minimum atomic E-state index is 0.283. The van der Waals surface area contributed by atoms with Gasteiger partial charge in [0.15, 0.2) is 0 Å². The van der Waals surface area contributed by atoms with Gasteiger partial charge >= 0.3 is 0 Å². The Kier molecular flexibility index (Phi) is 3.76. The monoisotopic (exact) mass is 248 g/mol. The fourth-order valence-corrected chi connectivity index (χ4v) is 2.43. The Morgan fingerprint density at radius 1 is 1.41 bits per heavy atom. The van der Waals surface area contributed by atoms with Gasteiger partial charge in [-0.25, -0.2) is 4.98 Å². The Morgan fingerprint density at radius 3 is 2.94 bits per heavy atom. The van der Waals surface area contributed by atoms with Gasteiger partial charge in [0, 0.05) is 17.0 Å². The van der Waals surface area contributed by atoms with Crippen LogP contribution in [0.2, 0.25) is 0 Å². The average Bonchev–Trinajstić information content (AvgIpc) is 2.87. The van der Waals surface area contributed by atoms with Crippen LogP contribution in [0.15, 0.2) is 29.6 Å². The first-order valence-electron chi connectivity index (χ1n) is 5.51. The van der Waals surface area contributed by atoms with Crippen LogP contribution in [-0.2, 0) is 0 Å². The van der Waals surface area contributed by atoms with Crippen LogP contribution in [0, 0.1) is 0 Å². The number of ether oxygens (including phenoxy) is 1. The number of benzene rings is 1. The number of nitrogens with one attached hydrogen (secondary N) is 1. The van der Waals surface area contributed by atoms with Crippen molar-refractivity contribution < 1.29 is 4.74 Å². The van der Waals surface area contributed by atoms with E-state index in [0.717, 1.165) is 22.0 Å². The van der Waals surface area contributed by atoms with Crippen molar-refractivity contribution in [2.24, 2.45) is 0 Å². The SMILES string of the molecule is CNC(C)c1csc(-c2cccc(OC)c2)n1. The van der Waals surface area contributed by atoms with Crippen molar-refractivity contribution in [3.8, 4) is 16.3 Å². The lowest BCUT2D eigenvalue weighted by Gasteiger charge is -2.05. The van der Waals surface area contributed by atoms with Gasteiger partial charge in [0.25, 0.3) is 0 Å². The fourth-order valence-electron chi connectivity index (χ4n) is 1.52. The summed E-state index contributed by atoms with van der Waals surface area (Å²) in [6.45, 7) is 2.10. The topological polar surface area (TPSA) is 34.1 Å². The molecule has 2 aromatic rings. The molecule has 0 spiro atoms. The number of nitrogens with zero attached hydrogens (tertiary/aromatic N) is 1.